The van der Waals surface area contributed by atoms with E-state index in [0.29, 0.717) is 11.7 Å². The normalized spacial score (nSPS) is 17.9. The first-order valence-electron chi connectivity index (χ1n) is 8.04. The minimum atomic E-state index is -0.650. The highest BCUT2D eigenvalue weighted by Crippen LogP contribution is 2.24. The molecule has 2 amide bonds. The molecule has 2 aliphatic rings. The van der Waals surface area contributed by atoms with E-state index in [1.807, 2.05) is 13.0 Å². The Morgan fingerprint density at radius 3 is 2.70 bits per heavy atom. The Labute approximate surface area is 140 Å². The summed E-state index contributed by atoms with van der Waals surface area (Å²) in [5, 5.41) is 5.84. The summed E-state index contributed by atoms with van der Waals surface area (Å²) in [6.45, 7) is 2.59. The standard InChI is InChI=1S/C17H21N3O2S/c1-11(13-7-6-12-4-2-3-5-14(12)10-13)19-15(21)16(22)20-17-18-8-9-23-17/h6-7,10-11H,2-5,8-9H2,1H3,(H,19,21)(H,18,20,22). The van der Waals surface area contributed by atoms with Gasteiger partial charge in [0.05, 0.1) is 12.6 Å². The molecule has 3 rings (SSSR count). The van der Waals surface area contributed by atoms with Crippen molar-refractivity contribution >= 4 is 28.7 Å². The molecule has 1 atom stereocenters. The number of fused-ring (bicyclic) bond motifs is 1. The molecule has 0 saturated carbocycles. The number of amides is 2. The molecule has 1 aromatic rings. The molecule has 1 unspecified atom stereocenters. The molecule has 0 saturated heterocycles. The van der Waals surface area contributed by atoms with Crippen LogP contribution in [-0.2, 0) is 22.4 Å². The van der Waals surface area contributed by atoms with Crippen LogP contribution in [0.15, 0.2) is 23.2 Å². The topological polar surface area (TPSA) is 70.6 Å². The lowest BCUT2D eigenvalue weighted by Gasteiger charge is -2.20. The van der Waals surface area contributed by atoms with Crippen molar-refractivity contribution < 1.29 is 9.59 Å². The van der Waals surface area contributed by atoms with Gasteiger partial charge in [-0.05, 0) is 49.3 Å². The molecule has 0 fully saturated rings. The van der Waals surface area contributed by atoms with Crippen LogP contribution >= 0.6 is 11.8 Å². The van der Waals surface area contributed by atoms with Crippen LogP contribution in [-0.4, -0.2) is 29.3 Å². The molecule has 0 radical (unpaired) electrons. The van der Waals surface area contributed by atoms with Crippen LogP contribution in [0.25, 0.3) is 0 Å². The van der Waals surface area contributed by atoms with E-state index in [2.05, 4.69) is 27.8 Å². The summed E-state index contributed by atoms with van der Waals surface area (Å²) < 4.78 is 0. The zero-order valence-corrected chi connectivity index (χ0v) is 14.0. The second-order valence-corrected chi connectivity index (χ2v) is 7.00. The van der Waals surface area contributed by atoms with Gasteiger partial charge in [0.2, 0.25) is 0 Å². The molecule has 1 heterocycles. The number of hydrogen-bond donors (Lipinski definition) is 2. The van der Waals surface area contributed by atoms with Crippen LogP contribution < -0.4 is 10.6 Å². The summed E-state index contributed by atoms with van der Waals surface area (Å²) in [6.07, 6.45) is 4.71. The summed E-state index contributed by atoms with van der Waals surface area (Å²) in [5.74, 6) is -0.420. The Kier molecular flexibility index (Phi) is 5.00. The second kappa shape index (κ2) is 7.17. The van der Waals surface area contributed by atoms with E-state index in [0.717, 1.165) is 24.2 Å². The molecule has 2 N–H and O–H groups in total. The highest BCUT2D eigenvalue weighted by atomic mass is 32.2. The molecule has 1 aliphatic carbocycles. The number of nitrogens with zero attached hydrogens (tertiary/aromatic N) is 1. The van der Waals surface area contributed by atoms with Gasteiger partial charge in [-0.2, -0.15) is 0 Å². The molecule has 0 bridgehead atoms. The van der Waals surface area contributed by atoms with E-state index in [1.54, 1.807) is 0 Å². The minimum Gasteiger partial charge on any atom is -0.341 e. The molecular formula is C17H21N3O2S. The average molecular weight is 331 g/mol. The number of rotatable bonds is 2. The van der Waals surface area contributed by atoms with E-state index in [-0.39, 0.29) is 6.04 Å². The van der Waals surface area contributed by atoms with Gasteiger partial charge in [0, 0.05) is 5.75 Å². The Morgan fingerprint density at radius 2 is 1.96 bits per heavy atom. The van der Waals surface area contributed by atoms with E-state index in [4.69, 9.17) is 0 Å². The quantitative estimate of drug-likeness (QED) is 0.814. The predicted molar refractivity (Wildman–Crippen MR) is 92.5 cm³/mol. The lowest BCUT2D eigenvalue weighted by molar-refractivity contribution is -0.138. The van der Waals surface area contributed by atoms with Crippen LogP contribution in [0.4, 0.5) is 0 Å². The van der Waals surface area contributed by atoms with Crippen molar-refractivity contribution in [3.05, 3.63) is 34.9 Å². The summed E-state index contributed by atoms with van der Waals surface area (Å²) in [6, 6.07) is 6.16. The van der Waals surface area contributed by atoms with Crippen molar-refractivity contribution in [3.8, 4) is 0 Å². The smallest absolute Gasteiger partial charge is 0.315 e. The van der Waals surface area contributed by atoms with E-state index >= 15 is 0 Å². The molecule has 23 heavy (non-hydrogen) atoms. The van der Waals surface area contributed by atoms with Gasteiger partial charge in [0.25, 0.3) is 0 Å². The lowest BCUT2D eigenvalue weighted by atomic mass is 9.89. The molecule has 1 aliphatic heterocycles. The number of thioether (sulfide) groups is 1. The fourth-order valence-electron chi connectivity index (χ4n) is 2.93. The molecule has 6 heteroatoms. The Bertz CT molecular complexity index is 657. The highest BCUT2D eigenvalue weighted by Gasteiger charge is 2.20. The van der Waals surface area contributed by atoms with Crippen LogP contribution in [0.1, 0.15) is 42.5 Å². The summed E-state index contributed by atoms with van der Waals surface area (Å²) >= 11 is 1.46. The highest BCUT2D eigenvalue weighted by molar-refractivity contribution is 8.14. The predicted octanol–water partition coefficient (Wildman–Crippen LogP) is 1.96. The van der Waals surface area contributed by atoms with Crippen molar-refractivity contribution in [2.75, 3.05) is 12.3 Å². The molecule has 0 spiro atoms. The number of amidine groups is 1. The van der Waals surface area contributed by atoms with Crippen molar-refractivity contribution in [1.82, 2.24) is 10.6 Å². The maximum Gasteiger partial charge on any atom is 0.315 e. The van der Waals surface area contributed by atoms with Crippen molar-refractivity contribution in [3.63, 3.8) is 0 Å². The molecule has 1 aromatic carbocycles. The maximum atomic E-state index is 12.0. The van der Waals surface area contributed by atoms with Gasteiger partial charge in [-0.1, -0.05) is 30.0 Å². The second-order valence-electron chi connectivity index (χ2n) is 5.92. The van der Waals surface area contributed by atoms with Crippen LogP contribution in [0.3, 0.4) is 0 Å². The lowest BCUT2D eigenvalue weighted by Crippen LogP contribution is -2.42. The van der Waals surface area contributed by atoms with Gasteiger partial charge in [-0.15, -0.1) is 0 Å². The van der Waals surface area contributed by atoms with E-state index in [9.17, 15) is 9.59 Å². The Balaban J connectivity index is 1.60. The molecule has 0 aromatic heterocycles. The fraction of sp³-hybridized carbons (Fsp3) is 0.471. The molecule has 5 nitrogen and oxygen atoms in total. The van der Waals surface area contributed by atoms with Gasteiger partial charge in [0.15, 0.2) is 5.17 Å². The van der Waals surface area contributed by atoms with Gasteiger partial charge >= 0.3 is 11.8 Å². The van der Waals surface area contributed by atoms with E-state index in [1.165, 1.54) is 35.7 Å². The SMILES string of the molecule is CC(NC(=O)C(=O)NC1=NCCS1)c1ccc2c(c1)CCCC2. The fourth-order valence-corrected chi connectivity index (χ4v) is 3.66. The van der Waals surface area contributed by atoms with Crippen LogP contribution in [0.2, 0.25) is 0 Å². The molecular weight excluding hydrogens is 310 g/mol. The number of hydrogen-bond acceptors (Lipinski definition) is 4. The minimum absolute atomic E-state index is 0.196. The largest absolute Gasteiger partial charge is 0.341 e. The van der Waals surface area contributed by atoms with Gasteiger partial charge in [-0.3, -0.25) is 19.9 Å². The number of aliphatic imine (C=N–C) groups is 1. The van der Waals surface area contributed by atoms with Gasteiger partial charge < -0.3 is 5.32 Å². The maximum absolute atomic E-state index is 12.0. The first-order valence-corrected chi connectivity index (χ1v) is 9.03. The summed E-state index contributed by atoms with van der Waals surface area (Å²) in [5.41, 5.74) is 3.82. The summed E-state index contributed by atoms with van der Waals surface area (Å²) in [4.78, 5) is 28.0. The first-order chi connectivity index (χ1) is 11.1. The third-order valence-electron chi connectivity index (χ3n) is 4.23. The van der Waals surface area contributed by atoms with E-state index < -0.39 is 11.8 Å². The third-order valence-corrected chi connectivity index (χ3v) is 5.12. The first kappa shape index (κ1) is 16.1. The molecule has 122 valence electrons. The monoisotopic (exact) mass is 331 g/mol. The Morgan fingerprint density at radius 1 is 1.17 bits per heavy atom. The number of benzene rings is 1. The zero-order chi connectivity index (χ0) is 16.2. The average Bonchev–Trinajstić information content (AvgIpc) is 3.07. The number of aryl methyl sites for hydroxylation is 2. The van der Waals surface area contributed by atoms with Crippen molar-refractivity contribution in [2.24, 2.45) is 4.99 Å². The summed E-state index contributed by atoms with van der Waals surface area (Å²) in [7, 11) is 0. The number of nitrogens with one attached hydrogen (secondary N) is 2. The van der Waals surface area contributed by atoms with Crippen molar-refractivity contribution in [2.45, 2.75) is 38.6 Å². The number of carbonyl (C=O) groups excluding carboxylic acids is 2. The Hall–Kier alpha value is -1.82. The van der Waals surface area contributed by atoms with Gasteiger partial charge in [-0.25, -0.2) is 0 Å². The van der Waals surface area contributed by atoms with Crippen LogP contribution in [0.5, 0.6) is 0 Å². The van der Waals surface area contributed by atoms with Crippen molar-refractivity contribution in [1.29, 1.82) is 0 Å². The third kappa shape index (κ3) is 3.93. The van der Waals surface area contributed by atoms with Crippen LogP contribution in [0, 0.1) is 0 Å². The zero-order valence-electron chi connectivity index (χ0n) is 13.2. The van der Waals surface area contributed by atoms with Gasteiger partial charge in [0.1, 0.15) is 0 Å². The number of carbonyl (C=O) groups is 2.